The smallest absolute Gasteiger partial charge is 0.193 e. The van der Waals surface area contributed by atoms with E-state index in [0.29, 0.717) is 11.0 Å². The maximum absolute atomic E-state index is 10.9. The molecule has 72 valence electrons. The minimum atomic E-state index is 0.0175. The van der Waals surface area contributed by atoms with Gasteiger partial charge in [0.15, 0.2) is 5.22 Å². The molecule has 0 radical (unpaired) electrons. The highest BCUT2D eigenvalue weighted by molar-refractivity contribution is 7.99. The molecule has 0 saturated heterocycles. The summed E-state index contributed by atoms with van der Waals surface area (Å²) < 4.78 is 5.15. The van der Waals surface area contributed by atoms with Gasteiger partial charge in [-0.05, 0) is 37.6 Å². The normalized spacial score (nSPS) is 12.8. The Morgan fingerprint density at radius 3 is 2.85 bits per heavy atom. The van der Waals surface area contributed by atoms with Crippen LogP contribution in [0.4, 0.5) is 0 Å². The second-order valence-corrected chi connectivity index (χ2v) is 4.47. The highest BCUT2D eigenvalue weighted by Crippen LogP contribution is 2.21. The summed E-state index contributed by atoms with van der Waals surface area (Å²) in [6.45, 7) is 3.48. The molecule has 0 saturated carbocycles. The van der Waals surface area contributed by atoms with Crippen LogP contribution in [0.5, 0.6) is 0 Å². The first kappa shape index (κ1) is 10.7. The van der Waals surface area contributed by atoms with E-state index < -0.39 is 0 Å². The van der Waals surface area contributed by atoms with Crippen LogP contribution in [0, 0.1) is 0 Å². The molecule has 0 spiro atoms. The van der Waals surface area contributed by atoms with Crippen LogP contribution in [0.2, 0.25) is 5.22 Å². The van der Waals surface area contributed by atoms with Crippen molar-refractivity contribution in [2.75, 3.05) is 0 Å². The fourth-order valence-corrected chi connectivity index (χ4v) is 1.72. The van der Waals surface area contributed by atoms with Gasteiger partial charge in [0.2, 0.25) is 0 Å². The summed E-state index contributed by atoms with van der Waals surface area (Å²) in [6.07, 6.45) is 0. The van der Waals surface area contributed by atoms with Crippen LogP contribution in [0.15, 0.2) is 16.5 Å². The maximum Gasteiger partial charge on any atom is 0.193 e. The lowest BCUT2D eigenvalue weighted by Gasteiger charge is -2.04. The number of furan rings is 1. The molecule has 0 fully saturated rings. The third-order valence-corrected chi connectivity index (χ3v) is 3.16. The van der Waals surface area contributed by atoms with E-state index in [0.717, 1.165) is 5.76 Å². The van der Waals surface area contributed by atoms with Crippen molar-refractivity contribution in [3.8, 4) is 0 Å². The highest BCUT2D eigenvalue weighted by atomic mass is 35.5. The highest BCUT2D eigenvalue weighted by Gasteiger charge is 2.09. The molecule has 1 aromatic heterocycles. The molecular weight excluding hydrogens is 208 g/mol. The molecule has 0 amide bonds. The van der Waals surface area contributed by atoms with Crippen molar-refractivity contribution in [2.45, 2.75) is 24.9 Å². The Morgan fingerprint density at radius 1 is 1.69 bits per heavy atom. The van der Waals surface area contributed by atoms with Crippen molar-refractivity contribution in [1.82, 2.24) is 0 Å². The number of hydrogen-bond acceptors (Lipinski definition) is 3. The van der Waals surface area contributed by atoms with Gasteiger partial charge in [-0.15, -0.1) is 11.8 Å². The van der Waals surface area contributed by atoms with Crippen LogP contribution < -0.4 is 0 Å². The fourth-order valence-electron chi connectivity index (χ4n) is 0.754. The molecule has 4 heteroatoms. The van der Waals surface area contributed by atoms with Gasteiger partial charge >= 0.3 is 0 Å². The van der Waals surface area contributed by atoms with Crippen molar-refractivity contribution in [2.24, 2.45) is 0 Å². The summed E-state index contributed by atoms with van der Waals surface area (Å²) in [4.78, 5) is 10.9. The molecule has 0 aliphatic carbocycles. The zero-order valence-electron chi connectivity index (χ0n) is 7.54. The molecule has 0 aliphatic rings. The van der Waals surface area contributed by atoms with Crippen molar-refractivity contribution < 1.29 is 9.21 Å². The second-order valence-electron chi connectivity index (χ2n) is 2.77. The average Bonchev–Trinajstić information content (AvgIpc) is 2.47. The third kappa shape index (κ3) is 3.44. The van der Waals surface area contributed by atoms with Gasteiger partial charge in [0.05, 0.1) is 11.0 Å². The summed E-state index contributed by atoms with van der Waals surface area (Å²) in [5.74, 6) is 1.68. The van der Waals surface area contributed by atoms with E-state index in [-0.39, 0.29) is 11.0 Å². The topological polar surface area (TPSA) is 30.2 Å². The van der Waals surface area contributed by atoms with Gasteiger partial charge in [0, 0.05) is 0 Å². The molecule has 13 heavy (non-hydrogen) atoms. The number of thioether (sulfide) groups is 1. The first-order valence-corrected chi connectivity index (χ1v) is 5.38. The second kappa shape index (κ2) is 4.72. The van der Waals surface area contributed by atoms with Crippen molar-refractivity contribution in [3.63, 3.8) is 0 Å². The summed E-state index contributed by atoms with van der Waals surface area (Å²) in [5, 5.41) is 0.412. The van der Waals surface area contributed by atoms with Gasteiger partial charge in [0.25, 0.3) is 0 Å². The first-order chi connectivity index (χ1) is 6.09. The Kier molecular flexibility index (Phi) is 3.88. The summed E-state index contributed by atoms with van der Waals surface area (Å²) in [5.41, 5.74) is 0. The number of halogens is 1. The number of carbonyl (C=O) groups excluding carboxylic acids is 1. The van der Waals surface area contributed by atoms with Crippen LogP contribution >= 0.6 is 23.4 Å². The summed E-state index contributed by atoms with van der Waals surface area (Å²) >= 11 is 7.14. The monoisotopic (exact) mass is 218 g/mol. The number of rotatable bonds is 4. The molecule has 1 aromatic rings. The lowest BCUT2D eigenvalue weighted by atomic mass is 10.3. The number of carbonyl (C=O) groups is 1. The van der Waals surface area contributed by atoms with Crippen molar-refractivity contribution in [1.29, 1.82) is 0 Å². The van der Waals surface area contributed by atoms with E-state index in [9.17, 15) is 4.79 Å². The van der Waals surface area contributed by atoms with Crippen LogP contribution in [0.3, 0.4) is 0 Å². The molecule has 1 rings (SSSR count). The molecule has 2 nitrogen and oxygen atoms in total. The maximum atomic E-state index is 10.9. The fraction of sp³-hybridized carbons (Fsp3) is 0.444. The van der Waals surface area contributed by atoms with E-state index in [2.05, 4.69) is 0 Å². The van der Waals surface area contributed by atoms with Crippen molar-refractivity contribution in [3.05, 3.63) is 23.1 Å². The zero-order chi connectivity index (χ0) is 9.84. The van der Waals surface area contributed by atoms with Gasteiger partial charge < -0.3 is 4.42 Å². The summed E-state index contributed by atoms with van der Waals surface area (Å²) in [7, 11) is 0. The molecule has 1 atom stereocenters. The Bertz CT molecular complexity index is 296. The quantitative estimate of drug-likeness (QED) is 0.778. The van der Waals surface area contributed by atoms with E-state index in [1.807, 2.05) is 13.0 Å². The van der Waals surface area contributed by atoms with Gasteiger partial charge in [-0.25, -0.2) is 0 Å². The van der Waals surface area contributed by atoms with E-state index in [1.54, 1.807) is 24.8 Å². The van der Waals surface area contributed by atoms with Gasteiger partial charge in [0.1, 0.15) is 11.5 Å². The van der Waals surface area contributed by atoms with Crippen LogP contribution in [-0.4, -0.2) is 11.0 Å². The third-order valence-electron chi connectivity index (χ3n) is 1.68. The Balaban J connectivity index is 2.39. The van der Waals surface area contributed by atoms with Gasteiger partial charge in [-0.3, -0.25) is 4.79 Å². The number of ketones is 1. The first-order valence-electron chi connectivity index (χ1n) is 3.96. The van der Waals surface area contributed by atoms with Crippen molar-refractivity contribution >= 4 is 29.1 Å². The van der Waals surface area contributed by atoms with Crippen LogP contribution in [0.1, 0.15) is 19.6 Å². The lowest BCUT2D eigenvalue weighted by molar-refractivity contribution is -0.116. The Hall–Kier alpha value is -0.410. The molecule has 0 aromatic carbocycles. The Labute approximate surface area is 86.6 Å². The zero-order valence-corrected chi connectivity index (χ0v) is 9.11. The minimum Gasteiger partial charge on any atom is -0.449 e. The largest absolute Gasteiger partial charge is 0.449 e. The molecule has 1 heterocycles. The van der Waals surface area contributed by atoms with Crippen LogP contribution in [0.25, 0.3) is 0 Å². The molecule has 0 N–H and O–H groups in total. The SMILES string of the molecule is CC(=O)C(C)SCc1ccc(Cl)o1. The molecule has 0 aliphatic heterocycles. The predicted molar refractivity (Wildman–Crippen MR) is 55.2 cm³/mol. The minimum absolute atomic E-state index is 0.0175. The summed E-state index contributed by atoms with van der Waals surface area (Å²) in [6, 6.07) is 3.53. The number of hydrogen-bond donors (Lipinski definition) is 0. The standard InChI is InChI=1S/C9H11ClO2S/c1-6(11)7(2)13-5-8-3-4-9(10)12-8/h3-4,7H,5H2,1-2H3. The molecule has 0 bridgehead atoms. The number of Topliss-reactive ketones (excluding diaryl/α,β-unsaturated/α-hetero) is 1. The molecule has 1 unspecified atom stereocenters. The predicted octanol–water partition coefficient (Wildman–Crippen LogP) is 3.14. The van der Waals surface area contributed by atoms with E-state index >= 15 is 0 Å². The van der Waals surface area contributed by atoms with Gasteiger partial charge in [-0.2, -0.15) is 0 Å². The van der Waals surface area contributed by atoms with Gasteiger partial charge in [-0.1, -0.05) is 0 Å². The van der Waals surface area contributed by atoms with E-state index in [1.165, 1.54) is 0 Å². The van der Waals surface area contributed by atoms with Crippen LogP contribution in [-0.2, 0) is 10.5 Å². The molecular formula is C9H11ClO2S. The van der Waals surface area contributed by atoms with E-state index in [4.69, 9.17) is 16.0 Å². The Morgan fingerprint density at radius 2 is 2.38 bits per heavy atom. The lowest BCUT2D eigenvalue weighted by Crippen LogP contribution is -2.07. The average molecular weight is 219 g/mol.